The molecule has 10 heteroatoms. The molecule has 0 fully saturated rings. The first-order valence-electron chi connectivity index (χ1n) is 15.9. The van der Waals surface area contributed by atoms with Crippen LogP contribution in [-0.4, -0.2) is 64.6 Å². The molecule has 0 radical (unpaired) electrons. The van der Waals surface area contributed by atoms with Gasteiger partial charge in [0.05, 0.1) is 12.6 Å². The summed E-state index contributed by atoms with van der Waals surface area (Å²) in [6.07, 6.45) is 4.13. The third kappa shape index (κ3) is 10.0. The summed E-state index contributed by atoms with van der Waals surface area (Å²) in [5, 5.41) is 5.34. The highest BCUT2D eigenvalue weighted by atomic mass is 16.5. The van der Waals surface area contributed by atoms with Gasteiger partial charge in [-0.2, -0.15) is 0 Å². The normalized spacial score (nSPS) is 15.9. The second kappa shape index (κ2) is 16.0. The van der Waals surface area contributed by atoms with Gasteiger partial charge in [0.1, 0.15) is 24.4 Å². The van der Waals surface area contributed by atoms with E-state index < -0.39 is 41.3 Å². The van der Waals surface area contributed by atoms with Crippen LogP contribution in [0.5, 0.6) is 5.75 Å². The van der Waals surface area contributed by atoms with E-state index in [4.69, 9.17) is 10.5 Å². The van der Waals surface area contributed by atoms with Crippen LogP contribution >= 0.6 is 0 Å². The summed E-state index contributed by atoms with van der Waals surface area (Å²) in [6, 6.07) is 24.7. The average Bonchev–Trinajstić information content (AvgIpc) is 3.06. The zero-order valence-corrected chi connectivity index (χ0v) is 27.5. The second-order valence-electron chi connectivity index (χ2n) is 12.8. The summed E-state index contributed by atoms with van der Waals surface area (Å²) in [5.41, 5.74) is 8.06. The first kappa shape index (κ1) is 34.9. The predicted octanol–water partition coefficient (Wildman–Crippen LogP) is 3.56. The molecular formula is C37H45N5O5. The Morgan fingerprint density at radius 1 is 0.851 bits per heavy atom. The standard InChI is InChI=1S/C37H45N5O5/c1-26(38)34(44)40-33(37(2,3)4)35(45)39-24-32(43)42-22-21-41(20-19-27-11-7-5-8-12-27)36(46)31(42)23-28-15-17-30(18-16-28)47-25-29-13-9-6-10-14-29/h5-18,21-22,26,31,33H,19-20,23-25,38H2,1-4H3,(H,39,45)(H,40,44)/t26-,31-,33+/m0/s1. The third-order valence-electron chi connectivity index (χ3n) is 7.93. The van der Waals surface area contributed by atoms with Gasteiger partial charge in [0.15, 0.2) is 0 Å². The molecule has 1 heterocycles. The maximum absolute atomic E-state index is 13.9. The number of rotatable bonds is 13. The second-order valence-corrected chi connectivity index (χ2v) is 12.8. The van der Waals surface area contributed by atoms with Crippen LogP contribution in [0.3, 0.4) is 0 Å². The zero-order valence-electron chi connectivity index (χ0n) is 27.5. The van der Waals surface area contributed by atoms with Gasteiger partial charge in [-0.3, -0.25) is 19.2 Å². The molecule has 0 bridgehead atoms. The SMILES string of the molecule is C[C@H](N)C(=O)N[C@H](C(=O)NCC(=O)N1C=CN(CCc2ccccc2)C(=O)[C@@H]1Cc1ccc(OCc2ccccc2)cc1)C(C)(C)C. The van der Waals surface area contributed by atoms with Gasteiger partial charge in [-0.25, -0.2) is 0 Å². The van der Waals surface area contributed by atoms with Crippen LogP contribution in [0.2, 0.25) is 0 Å². The molecule has 0 unspecified atom stereocenters. The van der Waals surface area contributed by atoms with E-state index in [2.05, 4.69) is 10.6 Å². The average molecular weight is 640 g/mol. The first-order chi connectivity index (χ1) is 22.4. The number of amides is 4. The van der Waals surface area contributed by atoms with Crippen molar-refractivity contribution >= 4 is 23.6 Å². The summed E-state index contributed by atoms with van der Waals surface area (Å²) in [6.45, 7) is 7.49. The summed E-state index contributed by atoms with van der Waals surface area (Å²) < 4.78 is 5.92. The van der Waals surface area contributed by atoms with Crippen LogP contribution in [0.1, 0.15) is 44.4 Å². The highest BCUT2D eigenvalue weighted by Crippen LogP contribution is 2.22. The highest BCUT2D eigenvalue weighted by Gasteiger charge is 2.37. The molecule has 3 aromatic carbocycles. The summed E-state index contributed by atoms with van der Waals surface area (Å²) >= 11 is 0. The molecule has 47 heavy (non-hydrogen) atoms. The van der Waals surface area contributed by atoms with Gasteiger partial charge in [0.2, 0.25) is 23.6 Å². The monoisotopic (exact) mass is 639 g/mol. The maximum Gasteiger partial charge on any atom is 0.250 e. The quantitative estimate of drug-likeness (QED) is 0.262. The molecule has 0 saturated carbocycles. The Labute approximate surface area is 277 Å². The first-order valence-corrected chi connectivity index (χ1v) is 15.9. The summed E-state index contributed by atoms with van der Waals surface area (Å²) in [4.78, 5) is 55.9. The Hall–Kier alpha value is -4.96. The predicted molar refractivity (Wildman–Crippen MR) is 181 cm³/mol. The Morgan fingerprint density at radius 2 is 1.47 bits per heavy atom. The molecule has 3 aromatic rings. The molecular weight excluding hydrogens is 594 g/mol. The van der Waals surface area contributed by atoms with Gasteiger partial charge in [-0.15, -0.1) is 0 Å². The molecule has 1 aliphatic heterocycles. The minimum Gasteiger partial charge on any atom is -0.489 e. The lowest BCUT2D eigenvalue weighted by molar-refractivity contribution is -0.143. The van der Waals surface area contributed by atoms with Crippen molar-refractivity contribution in [2.45, 2.75) is 65.3 Å². The number of nitrogens with one attached hydrogen (secondary N) is 2. The van der Waals surface area contributed by atoms with Crippen LogP contribution in [-0.2, 0) is 38.6 Å². The van der Waals surface area contributed by atoms with E-state index >= 15 is 0 Å². The number of nitrogens with two attached hydrogens (primary N) is 1. The van der Waals surface area contributed by atoms with E-state index in [1.165, 1.54) is 11.8 Å². The fraction of sp³-hybridized carbons (Fsp3) is 0.351. The molecule has 10 nitrogen and oxygen atoms in total. The smallest absolute Gasteiger partial charge is 0.250 e. The van der Waals surface area contributed by atoms with Gasteiger partial charge in [-0.05, 0) is 47.6 Å². The Bertz CT molecular complexity index is 1530. The Kier molecular flexibility index (Phi) is 11.9. The highest BCUT2D eigenvalue weighted by molar-refractivity contribution is 5.94. The lowest BCUT2D eigenvalue weighted by atomic mass is 9.86. The molecule has 0 aromatic heterocycles. The van der Waals surface area contributed by atoms with Crippen LogP contribution in [0.15, 0.2) is 97.3 Å². The maximum atomic E-state index is 13.9. The van der Waals surface area contributed by atoms with Crippen molar-refractivity contribution in [3.05, 3.63) is 114 Å². The van der Waals surface area contributed by atoms with E-state index in [-0.39, 0.29) is 18.9 Å². The van der Waals surface area contributed by atoms with Crippen LogP contribution in [0.4, 0.5) is 0 Å². The molecule has 1 aliphatic rings. The van der Waals surface area contributed by atoms with E-state index in [1.54, 1.807) is 17.3 Å². The molecule has 248 valence electrons. The van der Waals surface area contributed by atoms with E-state index in [9.17, 15) is 19.2 Å². The van der Waals surface area contributed by atoms with Gasteiger partial charge in [0, 0.05) is 25.4 Å². The van der Waals surface area contributed by atoms with Gasteiger partial charge in [-0.1, -0.05) is 93.6 Å². The number of ether oxygens (including phenoxy) is 1. The molecule has 3 atom stereocenters. The number of benzene rings is 3. The van der Waals surface area contributed by atoms with Crippen LogP contribution in [0.25, 0.3) is 0 Å². The minimum absolute atomic E-state index is 0.218. The van der Waals surface area contributed by atoms with Crippen molar-refractivity contribution in [1.29, 1.82) is 0 Å². The van der Waals surface area contributed by atoms with E-state index in [1.807, 2.05) is 106 Å². The Morgan fingerprint density at radius 3 is 2.06 bits per heavy atom. The molecule has 0 aliphatic carbocycles. The minimum atomic E-state index is -0.917. The van der Waals surface area contributed by atoms with E-state index in [0.717, 1.165) is 16.7 Å². The zero-order chi connectivity index (χ0) is 34.0. The fourth-order valence-electron chi connectivity index (χ4n) is 5.15. The van der Waals surface area contributed by atoms with Crippen molar-refractivity contribution in [2.24, 2.45) is 11.1 Å². The molecule has 4 amide bonds. The lowest BCUT2D eigenvalue weighted by Crippen LogP contribution is -2.58. The fourth-order valence-corrected chi connectivity index (χ4v) is 5.15. The molecule has 0 spiro atoms. The molecule has 0 saturated heterocycles. The van der Waals surface area contributed by atoms with Crippen LogP contribution < -0.4 is 21.1 Å². The Balaban J connectivity index is 1.47. The van der Waals surface area contributed by atoms with Crippen molar-refractivity contribution in [2.75, 3.05) is 13.1 Å². The summed E-state index contributed by atoms with van der Waals surface area (Å²) in [5.74, 6) is -0.964. The largest absolute Gasteiger partial charge is 0.489 e. The number of hydrogen-bond acceptors (Lipinski definition) is 6. The number of nitrogens with zero attached hydrogens (tertiary/aromatic N) is 2. The molecule has 4 rings (SSSR count). The number of carbonyl (C=O) groups is 4. The number of hydrogen-bond donors (Lipinski definition) is 3. The van der Waals surface area contributed by atoms with Crippen molar-refractivity contribution < 1.29 is 23.9 Å². The molecule has 4 N–H and O–H groups in total. The lowest BCUT2D eigenvalue weighted by Gasteiger charge is -2.36. The van der Waals surface area contributed by atoms with Crippen molar-refractivity contribution in [3.63, 3.8) is 0 Å². The van der Waals surface area contributed by atoms with Crippen LogP contribution in [0, 0.1) is 5.41 Å². The number of carbonyl (C=O) groups excluding carboxylic acids is 4. The third-order valence-corrected chi connectivity index (χ3v) is 7.93. The summed E-state index contributed by atoms with van der Waals surface area (Å²) in [7, 11) is 0. The van der Waals surface area contributed by atoms with Gasteiger partial charge >= 0.3 is 0 Å². The van der Waals surface area contributed by atoms with Crippen molar-refractivity contribution in [1.82, 2.24) is 20.4 Å². The van der Waals surface area contributed by atoms with Crippen molar-refractivity contribution in [3.8, 4) is 5.75 Å². The topological polar surface area (TPSA) is 134 Å². The van der Waals surface area contributed by atoms with Gasteiger partial charge in [0.25, 0.3) is 0 Å². The van der Waals surface area contributed by atoms with E-state index in [0.29, 0.717) is 25.3 Å². The van der Waals surface area contributed by atoms with Gasteiger partial charge < -0.3 is 30.9 Å².